The van der Waals surface area contributed by atoms with Crippen LogP contribution in [0.15, 0.2) is 0 Å². The Morgan fingerprint density at radius 2 is 1.65 bits per heavy atom. The summed E-state index contributed by atoms with van der Waals surface area (Å²) in [6.07, 6.45) is 6.44. The van der Waals surface area contributed by atoms with E-state index >= 15 is 0 Å². The number of rotatable bonds is 2. The van der Waals surface area contributed by atoms with Gasteiger partial charge in [0.15, 0.2) is 0 Å². The zero-order valence-electron chi connectivity index (χ0n) is 17.5. The summed E-state index contributed by atoms with van der Waals surface area (Å²) in [5.74, 6) is 0.238. The minimum absolute atomic E-state index is 0.111. The lowest BCUT2D eigenvalue weighted by Crippen LogP contribution is -2.58. The standard InChI is InChI=1S/C20H37N3O3/c1-15-14-22(19(25)26-20(2,3)4)13-12-17(15)23(18(24)21(5)6)16-10-8-7-9-11-16/h15-17H,7-14H2,1-6H3/t15-,17-/m1/s1. The Bertz CT molecular complexity index is 495. The first kappa shape index (κ1) is 20.8. The number of ether oxygens (including phenoxy) is 1. The van der Waals surface area contributed by atoms with Gasteiger partial charge in [0, 0.05) is 39.3 Å². The molecule has 1 aliphatic heterocycles. The third-order valence-corrected chi connectivity index (χ3v) is 5.44. The van der Waals surface area contributed by atoms with Crippen LogP contribution in [0.1, 0.15) is 66.2 Å². The maximum atomic E-state index is 12.9. The molecule has 0 spiro atoms. The molecular weight excluding hydrogens is 330 g/mol. The van der Waals surface area contributed by atoms with Gasteiger partial charge in [-0.3, -0.25) is 0 Å². The molecule has 6 heteroatoms. The van der Waals surface area contributed by atoms with Crippen molar-refractivity contribution in [3.63, 3.8) is 0 Å². The molecule has 0 N–H and O–H groups in total. The van der Waals surface area contributed by atoms with Gasteiger partial charge in [-0.15, -0.1) is 0 Å². The van der Waals surface area contributed by atoms with Crippen molar-refractivity contribution in [1.29, 1.82) is 0 Å². The second-order valence-corrected chi connectivity index (χ2v) is 9.14. The highest BCUT2D eigenvalue weighted by molar-refractivity contribution is 5.75. The molecule has 0 radical (unpaired) electrons. The van der Waals surface area contributed by atoms with Crippen molar-refractivity contribution in [1.82, 2.24) is 14.7 Å². The maximum Gasteiger partial charge on any atom is 0.410 e. The summed E-state index contributed by atoms with van der Waals surface area (Å²) in [7, 11) is 3.66. The first-order valence-corrected chi connectivity index (χ1v) is 10.1. The first-order chi connectivity index (χ1) is 12.1. The average Bonchev–Trinajstić information content (AvgIpc) is 2.55. The number of hydrogen-bond acceptors (Lipinski definition) is 3. The Balaban J connectivity index is 2.08. The molecule has 0 aromatic carbocycles. The van der Waals surface area contributed by atoms with Crippen molar-refractivity contribution in [2.75, 3.05) is 27.2 Å². The van der Waals surface area contributed by atoms with Crippen LogP contribution in [-0.2, 0) is 4.74 Å². The van der Waals surface area contributed by atoms with E-state index in [2.05, 4.69) is 11.8 Å². The van der Waals surface area contributed by atoms with Crippen LogP contribution in [0, 0.1) is 5.92 Å². The second kappa shape index (κ2) is 8.49. The molecule has 6 nitrogen and oxygen atoms in total. The molecule has 26 heavy (non-hydrogen) atoms. The van der Waals surface area contributed by atoms with Crippen molar-refractivity contribution in [2.45, 2.75) is 83.9 Å². The number of urea groups is 1. The monoisotopic (exact) mass is 367 g/mol. The first-order valence-electron chi connectivity index (χ1n) is 10.1. The van der Waals surface area contributed by atoms with Crippen LogP contribution < -0.4 is 0 Å². The number of amides is 3. The number of piperidine rings is 1. The highest BCUT2D eigenvalue weighted by Crippen LogP contribution is 2.31. The molecule has 1 aliphatic carbocycles. The Morgan fingerprint density at radius 1 is 1.04 bits per heavy atom. The van der Waals surface area contributed by atoms with Crippen LogP contribution in [0.3, 0.4) is 0 Å². The summed E-state index contributed by atoms with van der Waals surface area (Å²) < 4.78 is 5.52. The molecule has 3 amide bonds. The van der Waals surface area contributed by atoms with Crippen LogP contribution in [0.5, 0.6) is 0 Å². The van der Waals surface area contributed by atoms with Gasteiger partial charge < -0.3 is 19.4 Å². The largest absolute Gasteiger partial charge is 0.444 e. The molecule has 150 valence electrons. The van der Waals surface area contributed by atoms with Crippen molar-refractivity contribution in [3.8, 4) is 0 Å². The predicted octanol–water partition coefficient (Wildman–Crippen LogP) is 3.95. The number of hydrogen-bond donors (Lipinski definition) is 0. The fourth-order valence-electron chi connectivity index (χ4n) is 4.20. The molecule has 2 aliphatic rings. The van der Waals surface area contributed by atoms with Crippen LogP contribution in [0.2, 0.25) is 0 Å². The fourth-order valence-corrected chi connectivity index (χ4v) is 4.20. The highest BCUT2D eigenvalue weighted by atomic mass is 16.6. The van der Waals surface area contributed by atoms with E-state index in [1.165, 1.54) is 19.3 Å². The normalized spacial score (nSPS) is 24.9. The molecule has 1 heterocycles. The van der Waals surface area contributed by atoms with Gasteiger partial charge in [-0.1, -0.05) is 26.2 Å². The molecule has 1 saturated carbocycles. The summed E-state index contributed by atoms with van der Waals surface area (Å²) in [5.41, 5.74) is -0.480. The van der Waals surface area contributed by atoms with Gasteiger partial charge in [-0.05, 0) is 46.0 Å². The maximum absolute atomic E-state index is 12.9. The number of likely N-dealkylation sites (tertiary alicyclic amines) is 1. The fraction of sp³-hybridized carbons (Fsp3) is 0.900. The van der Waals surface area contributed by atoms with E-state index in [9.17, 15) is 9.59 Å². The van der Waals surface area contributed by atoms with Gasteiger partial charge in [0.2, 0.25) is 0 Å². The van der Waals surface area contributed by atoms with Crippen LogP contribution >= 0.6 is 0 Å². The van der Waals surface area contributed by atoms with Crippen molar-refractivity contribution in [3.05, 3.63) is 0 Å². The molecule has 0 aromatic rings. The number of carbonyl (C=O) groups excluding carboxylic acids is 2. The SMILES string of the molecule is C[C@@H]1CN(C(=O)OC(C)(C)C)CC[C@H]1N(C(=O)N(C)C)C1CCCCC1. The van der Waals surface area contributed by atoms with E-state index in [-0.39, 0.29) is 24.1 Å². The Kier molecular flexibility index (Phi) is 6.80. The smallest absolute Gasteiger partial charge is 0.410 e. The molecule has 2 rings (SSSR count). The molecule has 1 saturated heterocycles. The van der Waals surface area contributed by atoms with Crippen LogP contribution in [0.25, 0.3) is 0 Å². The highest BCUT2D eigenvalue weighted by Gasteiger charge is 2.39. The predicted molar refractivity (Wildman–Crippen MR) is 103 cm³/mol. The van der Waals surface area contributed by atoms with Crippen LogP contribution in [-0.4, -0.2) is 71.7 Å². The molecule has 2 fully saturated rings. The Hall–Kier alpha value is -1.46. The summed E-state index contributed by atoms with van der Waals surface area (Å²) >= 11 is 0. The van der Waals surface area contributed by atoms with E-state index in [0.29, 0.717) is 19.1 Å². The zero-order chi connectivity index (χ0) is 19.5. The van der Waals surface area contributed by atoms with Gasteiger partial charge in [0.05, 0.1) is 0 Å². The minimum atomic E-state index is -0.480. The van der Waals surface area contributed by atoms with E-state index < -0.39 is 5.60 Å². The number of nitrogens with zero attached hydrogens (tertiary/aromatic N) is 3. The third-order valence-electron chi connectivity index (χ3n) is 5.44. The minimum Gasteiger partial charge on any atom is -0.444 e. The molecule has 0 unspecified atom stereocenters. The van der Waals surface area contributed by atoms with Gasteiger partial charge in [0.25, 0.3) is 0 Å². The summed E-state index contributed by atoms with van der Waals surface area (Å²) in [5, 5.41) is 0. The van der Waals surface area contributed by atoms with E-state index in [1.807, 2.05) is 34.9 Å². The summed E-state index contributed by atoms with van der Waals surface area (Å²) in [4.78, 5) is 31.0. The lowest BCUT2D eigenvalue weighted by atomic mass is 9.87. The average molecular weight is 368 g/mol. The molecular formula is C20H37N3O3. The van der Waals surface area contributed by atoms with E-state index in [4.69, 9.17) is 4.74 Å². The zero-order valence-corrected chi connectivity index (χ0v) is 17.5. The van der Waals surface area contributed by atoms with Crippen LogP contribution in [0.4, 0.5) is 9.59 Å². The van der Waals surface area contributed by atoms with Gasteiger partial charge in [-0.25, -0.2) is 9.59 Å². The molecule has 2 atom stereocenters. The summed E-state index contributed by atoms with van der Waals surface area (Å²) in [6.45, 7) is 9.11. The van der Waals surface area contributed by atoms with Gasteiger partial charge in [0.1, 0.15) is 5.60 Å². The summed E-state index contributed by atoms with van der Waals surface area (Å²) in [6, 6.07) is 0.630. The van der Waals surface area contributed by atoms with E-state index in [0.717, 1.165) is 19.3 Å². The molecule has 0 bridgehead atoms. The van der Waals surface area contributed by atoms with Crippen molar-refractivity contribution >= 4 is 12.1 Å². The van der Waals surface area contributed by atoms with Gasteiger partial charge in [-0.2, -0.15) is 0 Å². The lowest BCUT2D eigenvalue weighted by Gasteiger charge is -2.47. The van der Waals surface area contributed by atoms with Crippen molar-refractivity contribution in [2.24, 2.45) is 5.92 Å². The lowest BCUT2D eigenvalue weighted by molar-refractivity contribution is 0.000732. The second-order valence-electron chi connectivity index (χ2n) is 9.14. The Labute approximate surface area is 158 Å². The van der Waals surface area contributed by atoms with Crippen molar-refractivity contribution < 1.29 is 14.3 Å². The molecule has 0 aromatic heterocycles. The third kappa shape index (κ3) is 5.27. The number of carbonyl (C=O) groups is 2. The quantitative estimate of drug-likeness (QED) is 0.742. The van der Waals surface area contributed by atoms with E-state index in [1.54, 1.807) is 9.80 Å². The van der Waals surface area contributed by atoms with Gasteiger partial charge >= 0.3 is 12.1 Å². The Morgan fingerprint density at radius 3 is 2.15 bits per heavy atom. The topological polar surface area (TPSA) is 53.1 Å².